The van der Waals surface area contributed by atoms with E-state index in [9.17, 15) is 14.7 Å². The van der Waals surface area contributed by atoms with Crippen LogP contribution in [0.5, 0.6) is 5.75 Å². The Kier molecular flexibility index (Phi) is 3.95. The third-order valence-electron chi connectivity index (χ3n) is 4.72. The van der Waals surface area contributed by atoms with Gasteiger partial charge in [-0.15, -0.1) is 0 Å². The molecule has 1 aromatic carbocycles. The Morgan fingerprint density at radius 2 is 2.05 bits per heavy atom. The molecular formula is C17H21NO3. The summed E-state index contributed by atoms with van der Waals surface area (Å²) >= 11 is 0. The molecule has 3 rings (SSSR count). The van der Waals surface area contributed by atoms with Gasteiger partial charge in [0.25, 0.3) is 5.91 Å². The van der Waals surface area contributed by atoms with Gasteiger partial charge in [0.15, 0.2) is 0 Å². The number of hydrogen-bond acceptors (Lipinski definition) is 3. The number of Topliss-reactive ketones (excluding diaryl/α,β-unsaturated/α-hetero) is 1. The van der Waals surface area contributed by atoms with Gasteiger partial charge in [-0.2, -0.15) is 0 Å². The minimum atomic E-state index is -0.0632. The number of carbonyl (C=O) groups excluding carboxylic acids is 2. The van der Waals surface area contributed by atoms with Crippen LogP contribution in [0.2, 0.25) is 0 Å². The van der Waals surface area contributed by atoms with Gasteiger partial charge in [0.2, 0.25) is 0 Å². The molecule has 1 N–H and O–H groups in total. The summed E-state index contributed by atoms with van der Waals surface area (Å²) in [6.07, 6.45) is 5.52. The summed E-state index contributed by atoms with van der Waals surface area (Å²) in [5, 5.41) is 9.54. The van der Waals surface area contributed by atoms with E-state index in [1.165, 1.54) is 6.07 Å². The van der Waals surface area contributed by atoms with Gasteiger partial charge in [-0.25, -0.2) is 0 Å². The predicted molar refractivity (Wildman–Crippen MR) is 79.1 cm³/mol. The van der Waals surface area contributed by atoms with Gasteiger partial charge in [-0.1, -0.05) is 12.5 Å². The van der Waals surface area contributed by atoms with E-state index in [-0.39, 0.29) is 23.6 Å². The minimum Gasteiger partial charge on any atom is -0.508 e. The van der Waals surface area contributed by atoms with E-state index >= 15 is 0 Å². The lowest BCUT2D eigenvalue weighted by Crippen LogP contribution is -2.43. The van der Waals surface area contributed by atoms with Crippen LogP contribution in [0.15, 0.2) is 24.3 Å². The van der Waals surface area contributed by atoms with Crippen molar-refractivity contribution in [3.05, 3.63) is 29.8 Å². The second kappa shape index (κ2) is 5.88. The van der Waals surface area contributed by atoms with Crippen LogP contribution in [0.1, 0.15) is 48.9 Å². The van der Waals surface area contributed by atoms with Gasteiger partial charge in [0, 0.05) is 30.5 Å². The van der Waals surface area contributed by atoms with E-state index in [0.717, 1.165) is 32.1 Å². The maximum Gasteiger partial charge on any atom is 0.254 e. The fourth-order valence-electron chi connectivity index (χ4n) is 3.68. The number of amides is 1. The molecule has 1 aromatic rings. The summed E-state index contributed by atoms with van der Waals surface area (Å²) in [5.74, 6) is 0.376. The van der Waals surface area contributed by atoms with Crippen molar-refractivity contribution >= 4 is 11.7 Å². The number of hydrogen-bond donors (Lipinski definition) is 1. The van der Waals surface area contributed by atoms with Crippen LogP contribution in [0, 0.1) is 5.92 Å². The highest BCUT2D eigenvalue weighted by Crippen LogP contribution is 2.33. The maximum atomic E-state index is 12.7. The molecule has 0 spiro atoms. The average Bonchev–Trinajstić information content (AvgIpc) is 2.96. The number of rotatable bonds is 2. The van der Waals surface area contributed by atoms with E-state index in [1.807, 2.05) is 4.90 Å². The number of carbonyl (C=O) groups is 2. The van der Waals surface area contributed by atoms with E-state index in [1.54, 1.807) is 18.2 Å². The van der Waals surface area contributed by atoms with Crippen molar-refractivity contribution in [1.29, 1.82) is 0 Å². The van der Waals surface area contributed by atoms with Crippen LogP contribution in [0.3, 0.4) is 0 Å². The Labute approximate surface area is 124 Å². The Morgan fingerprint density at radius 3 is 2.81 bits per heavy atom. The van der Waals surface area contributed by atoms with E-state index in [4.69, 9.17) is 0 Å². The highest BCUT2D eigenvalue weighted by molar-refractivity contribution is 5.95. The molecule has 0 bridgehead atoms. The number of likely N-dealkylation sites (tertiary alicyclic amines) is 1. The number of phenols is 1. The normalized spacial score (nSPS) is 26.1. The van der Waals surface area contributed by atoms with Gasteiger partial charge >= 0.3 is 0 Å². The smallest absolute Gasteiger partial charge is 0.254 e. The second-order valence-electron chi connectivity index (χ2n) is 6.08. The van der Waals surface area contributed by atoms with Crippen LogP contribution in [-0.2, 0) is 4.79 Å². The lowest BCUT2D eigenvalue weighted by molar-refractivity contribution is -0.126. The van der Waals surface area contributed by atoms with Gasteiger partial charge in [-0.3, -0.25) is 9.59 Å². The number of benzene rings is 1. The molecule has 21 heavy (non-hydrogen) atoms. The summed E-state index contributed by atoms with van der Waals surface area (Å²) in [6, 6.07) is 6.51. The van der Waals surface area contributed by atoms with Gasteiger partial charge in [0.05, 0.1) is 0 Å². The molecule has 2 fully saturated rings. The first kappa shape index (κ1) is 14.1. The van der Waals surface area contributed by atoms with Crippen LogP contribution in [0.4, 0.5) is 0 Å². The molecule has 2 atom stereocenters. The monoisotopic (exact) mass is 287 g/mol. The Morgan fingerprint density at radius 1 is 1.19 bits per heavy atom. The van der Waals surface area contributed by atoms with Crippen LogP contribution in [-0.4, -0.2) is 34.3 Å². The molecule has 2 unspecified atom stereocenters. The van der Waals surface area contributed by atoms with Crippen molar-refractivity contribution in [2.75, 3.05) is 6.54 Å². The lowest BCUT2D eigenvalue weighted by Gasteiger charge is -2.33. The molecule has 1 amide bonds. The number of phenolic OH excluding ortho intramolecular Hbond substituents is 1. The third kappa shape index (κ3) is 2.80. The largest absolute Gasteiger partial charge is 0.508 e. The SMILES string of the molecule is O=C1CCCCC1C1CCCN1C(=O)c1cccc(O)c1. The fraction of sp³-hybridized carbons (Fsp3) is 0.529. The Bertz CT molecular complexity index is 555. The van der Waals surface area contributed by atoms with Crippen molar-refractivity contribution in [1.82, 2.24) is 4.90 Å². The molecular weight excluding hydrogens is 266 g/mol. The van der Waals surface area contributed by atoms with Gasteiger partial charge in [-0.05, 0) is 43.9 Å². The molecule has 4 heteroatoms. The van der Waals surface area contributed by atoms with Crippen molar-refractivity contribution in [3.8, 4) is 5.75 Å². The quantitative estimate of drug-likeness (QED) is 0.910. The maximum absolute atomic E-state index is 12.7. The standard InChI is InChI=1S/C17H21NO3/c19-13-6-3-5-12(11-13)17(21)18-10-4-8-15(18)14-7-1-2-9-16(14)20/h3,5-6,11,14-15,19H,1-2,4,7-10H2. The molecule has 1 aliphatic heterocycles. The Balaban J connectivity index is 1.80. The van der Waals surface area contributed by atoms with Crippen molar-refractivity contribution in [3.63, 3.8) is 0 Å². The number of nitrogens with zero attached hydrogens (tertiary/aromatic N) is 1. The van der Waals surface area contributed by atoms with E-state index in [0.29, 0.717) is 24.3 Å². The molecule has 0 aromatic heterocycles. The average molecular weight is 287 g/mol. The third-order valence-corrected chi connectivity index (χ3v) is 4.72. The fourth-order valence-corrected chi connectivity index (χ4v) is 3.68. The zero-order valence-corrected chi connectivity index (χ0v) is 12.1. The van der Waals surface area contributed by atoms with Crippen molar-refractivity contribution in [2.24, 2.45) is 5.92 Å². The van der Waals surface area contributed by atoms with Gasteiger partial charge < -0.3 is 10.0 Å². The minimum absolute atomic E-state index is 0.0162. The van der Waals surface area contributed by atoms with Gasteiger partial charge in [0.1, 0.15) is 11.5 Å². The summed E-state index contributed by atoms with van der Waals surface area (Å²) in [7, 11) is 0. The summed E-state index contributed by atoms with van der Waals surface area (Å²) in [6.45, 7) is 0.711. The molecule has 112 valence electrons. The predicted octanol–water partition coefficient (Wildman–Crippen LogP) is 2.76. The van der Waals surface area contributed by atoms with E-state index in [2.05, 4.69) is 0 Å². The van der Waals surface area contributed by atoms with E-state index < -0.39 is 0 Å². The molecule has 1 heterocycles. The summed E-state index contributed by atoms with van der Waals surface area (Å²) < 4.78 is 0. The molecule has 2 aliphatic rings. The molecule has 4 nitrogen and oxygen atoms in total. The van der Waals surface area contributed by atoms with Crippen molar-refractivity contribution < 1.29 is 14.7 Å². The first-order chi connectivity index (χ1) is 10.2. The second-order valence-corrected chi connectivity index (χ2v) is 6.08. The Hall–Kier alpha value is -1.84. The van der Waals surface area contributed by atoms with Crippen LogP contribution in [0.25, 0.3) is 0 Å². The zero-order valence-electron chi connectivity index (χ0n) is 12.1. The highest BCUT2D eigenvalue weighted by Gasteiger charge is 2.39. The highest BCUT2D eigenvalue weighted by atomic mass is 16.3. The topological polar surface area (TPSA) is 57.6 Å². The number of aromatic hydroxyl groups is 1. The summed E-state index contributed by atoms with van der Waals surface area (Å²) in [5.41, 5.74) is 0.505. The first-order valence-corrected chi connectivity index (χ1v) is 7.79. The zero-order chi connectivity index (χ0) is 14.8. The molecule has 1 aliphatic carbocycles. The molecule has 0 radical (unpaired) electrons. The molecule has 1 saturated heterocycles. The molecule has 1 saturated carbocycles. The number of ketones is 1. The van der Waals surface area contributed by atoms with Crippen LogP contribution < -0.4 is 0 Å². The lowest BCUT2D eigenvalue weighted by atomic mass is 9.81. The first-order valence-electron chi connectivity index (χ1n) is 7.79. The van der Waals surface area contributed by atoms with Crippen LogP contribution >= 0.6 is 0 Å². The summed E-state index contributed by atoms with van der Waals surface area (Å²) in [4.78, 5) is 26.7. The van der Waals surface area contributed by atoms with Crippen molar-refractivity contribution in [2.45, 2.75) is 44.6 Å².